The molecule has 5 nitrogen and oxygen atoms in total. The highest BCUT2D eigenvalue weighted by Crippen LogP contribution is 2.19. The van der Waals surface area contributed by atoms with Crippen LogP contribution in [-0.4, -0.2) is 41.3 Å². The molecule has 2 heterocycles. The normalized spacial score (nSPS) is 14.9. The second-order valence-electron chi connectivity index (χ2n) is 6.28. The van der Waals surface area contributed by atoms with Crippen LogP contribution in [0.5, 0.6) is 0 Å². The summed E-state index contributed by atoms with van der Waals surface area (Å²) in [5.74, 6) is -2.38. The van der Waals surface area contributed by atoms with Crippen molar-refractivity contribution in [1.29, 1.82) is 0 Å². The molecule has 26 heavy (non-hydrogen) atoms. The van der Waals surface area contributed by atoms with E-state index in [2.05, 4.69) is 10.3 Å². The summed E-state index contributed by atoms with van der Waals surface area (Å²) in [5.41, 5.74) is 0.0413. The Labute approximate surface area is 150 Å². The number of carbonyl (C=O) groups excluding carboxylic acids is 2. The van der Waals surface area contributed by atoms with Gasteiger partial charge in [0.25, 0.3) is 11.8 Å². The molecule has 1 saturated heterocycles. The van der Waals surface area contributed by atoms with Gasteiger partial charge in [-0.2, -0.15) is 0 Å². The molecule has 0 radical (unpaired) electrons. The third kappa shape index (κ3) is 4.04. The largest absolute Gasteiger partial charge is 0.352 e. The number of amides is 2. The summed E-state index contributed by atoms with van der Waals surface area (Å²) in [4.78, 5) is 30.1. The van der Waals surface area contributed by atoms with Crippen molar-refractivity contribution >= 4 is 11.8 Å². The van der Waals surface area contributed by atoms with E-state index in [0.29, 0.717) is 25.2 Å². The van der Waals surface area contributed by atoms with E-state index in [1.807, 2.05) is 0 Å². The number of hydrogen-bond acceptors (Lipinski definition) is 3. The monoisotopic (exact) mass is 359 g/mol. The van der Waals surface area contributed by atoms with E-state index in [9.17, 15) is 18.4 Å². The standard InChI is InChI=1S/C19H19F2N3O2/c20-15-2-1-3-16(21)17(15)18(25)23-12-13-6-10-24(11-7-13)19(26)14-4-8-22-9-5-14/h1-5,8-9,13H,6-7,10-12H2,(H,23,25). The van der Waals surface area contributed by atoms with Crippen molar-refractivity contribution in [3.63, 3.8) is 0 Å². The third-order valence-corrected chi connectivity index (χ3v) is 4.57. The van der Waals surface area contributed by atoms with Crippen molar-refractivity contribution in [2.24, 2.45) is 5.92 Å². The minimum Gasteiger partial charge on any atom is -0.352 e. The first-order valence-electron chi connectivity index (χ1n) is 8.48. The Hall–Kier alpha value is -2.83. The number of hydrogen-bond donors (Lipinski definition) is 1. The quantitative estimate of drug-likeness (QED) is 0.913. The molecule has 0 spiro atoms. The number of likely N-dealkylation sites (tertiary alicyclic amines) is 1. The lowest BCUT2D eigenvalue weighted by Crippen LogP contribution is -2.41. The Bertz CT molecular complexity index is 770. The van der Waals surface area contributed by atoms with Crippen molar-refractivity contribution in [1.82, 2.24) is 15.2 Å². The number of rotatable bonds is 4. The lowest BCUT2D eigenvalue weighted by atomic mass is 9.96. The van der Waals surface area contributed by atoms with Gasteiger partial charge in [-0.3, -0.25) is 14.6 Å². The Balaban J connectivity index is 1.50. The van der Waals surface area contributed by atoms with E-state index < -0.39 is 23.1 Å². The number of nitrogens with zero attached hydrogens (tertiary/aromatic N) is 2. The number of pyridine rings is 1. The van der Waals surface area contributed by atoms with Gasteiger partial charge in [0.05, 0.1) is 0 Å². The van der Waals surface area contributed by atoms with Crippen molar-refractivity contribution in [2.45, 2.75) is 12.8 Å². The summed E-state index contributed by atoms with van der Waals surface area (Å²) in [5, 5.41) is 2.60. The molecule has 0 aliphatic carbocycles. The summed E-state index contributed by atoms with van der Waals surface area (Å²) >= 11 is 0. The molecule has 2 amide bonds. The molecular formula is C19H19F2N3O2. The van der Waals surface area contributed by atoms with Crippen molar-refractivity contribution in [2.75, 3.05) is 19.6 Å². The summed E-state index contributed by atoms with van der Waals surface area (Å²) in [6, 6.07) is 6.69. The Morgan fingerprint density at radius 3 is 2.31 bits per heavy atom. The molecule has 1 aromatic carbocycles. The van der Waals surface area contributed by atoms with Crippen LogP contribution in [-0.2, 0) is 0 Å². The lowest BCUT2D eigenvalue weighted by molar-refractivity contribution is 0.0683. The highest BCUT2D eigenvalue weighted by molar-refractivity contribution is 5.95. The zero-order valence-corrected chi connectivity index (χ0v) is 14.1. The maximum atomic E-state index is 13.6. The van der Waals surface area contributed by atoms with E-state index >= 15 is 0 Å². The van der Waals surface area contributed by atoms with Crippen LogP contribution in [0.3, 0.4) is 0 Å². The van der Waals surface area contributed by atoms with Gasteiger partial charge in [-0.25, -0.2) is 8.78 Å². The summed E-state index contributed by atoms with van der Waals surface area (Å²) < 4.78 is 27.2. The Morgan fingerprint density at radius 1 is 1.08 bits per heavy atom. The first-order chi connectivity index (χ1) is 12.6. The van der Waals surface area contributed by atoms with Crippen LogP contribution < -0.4 is 5.32 Å². The molecule has 1 N–H and O–H groups in total. The first-order valence-corrected chi connectivity index (χ1v) is 8.48. The highest BCUT2D eigenvalue weighted by atomic mass is 19.1. The van der Waals surface area contributed by atoms with Crippen LogP contribution in [0.25, 0.3) is 0 Å². The molecule has 1 fully saturated rings. The van der Waals surface area contributed by atoms with Crippen LogP contribution in [0.1, 0.15) is 33.6 Å². The molecule has 0 saturated carbocycles. The van der Waals surface area contributed by atoms with Crippen molar-refractivity contribution in [3.8, 4) is 0 Å². The Morgan fingerprint density at radius 2 is 1.69 bits per heavy atom. The predicted octanol–water partition coefficient (Wildman–Crippen LogP) is 2.64. The second-order valence-corrected chi connectivity index (χ2v) is 6.28. The molecule has 3 rings (SSSR count). The molecule has 1 aromatic heterocycles. The second kappa shape index (κ2) is 8.03. The highest BCUT2D eigenvalue weighted by Gasteiger charge is 2.25. The van der Waals surface area contributed by atoms with Crippen LogP contribution in [0.15, 0.2) is 42.7 Å². The molecule has 1 aliphatic rings. The maximum Gasteiger partial charge on any atom is 0.257 e. The first kappa shape index (κ1) is 18.0. The molecule has 7 heteroatoms. The third-order valence-electron chi connectivity index (χ3n) is 4.57. The van der Waals surface area contributed by atoms with Crippen LogP contribution in [0.4, 0.5) is 8.78 Å². The average molecular weight is 359 g/mol. The van der Waals surface area contributed by atoms with Gasteiger partial charge in [0.1, 0.15) is 17.2 Å². The molecule has 0 atom stereocenters. The van der Waals surface area contributed by atoms with Gasteiger partial charge in [-0.05, 0) is 43.0 Å². The fraction of sp³-hybridized carbons (Fsp3) is 0.316. The number of benzene rings is 1. The zero-order valence-electron chi connectivity index (χ0n) is 14.1. The number of nitrogens with one attached hydrogen (secondary N) is 1. The minimum absolute atomic E-state index is 0.0386. The van der Waals surface area contributed by atoms with Crippen LogP contribution in [0.2, 0.25) is 0 Å². The predicted molar refractivity (Wildman–Crippen MR) is 91.6 cm³/mol. The van der Waals surface area contributed by atoms with Gasteiger partial charge in [0.15, 0.2) is 0 Å². The molecule has 1 aliphatic heterocycles. The number of carbonyl (C=O) groups is 2. The Kier molecular flexibility index (Phi) is 5.55. The van der Waals surface area contributed by atoms with E-state index in [0.717, 1.165) is 25.0 Å². The van der Waals surface area contributed by atoms with E-state index in [1.165, 1.54) is 6.07 Å². The van der Waals surface area contributed by atoms with Crippen molar-refractivity contribution in [3.05, 3.63) is 65.5 Å². The molecule has 0 unspecified atom stereocenters. The van der Waals surface area contributed by atoms with Gasteiger partial charge in [-0.1, -0.05) is 6.07 Å². The number of aromatic nitrogens is 1. The van der Waals surface area contributed by atoms with Gasteiger partial charge in [0.2, 0.25) is 0 Å². The van der Waals surface area contributed by atoms with Gasteiger partial charge >= 0.3 is 0 Å². The minimum atomic E-state index is -0.875. The van der Waals surface area contributed by atoms with Gasteiger partial charge in [-0.15, -0.1) is 0 Å². The summed E-state index contributed by atoms with van der Waals surface area (Å²) in [6.07, 6.45) is 4.60. The molecular weight excluding hydrogens is 340 g/mol. The van der Waals surface area contributed by atoms with Crippen LogP contribution >= 0.6 is 0 Å². The van der Waals surface area contributed by atoms with Crippen LogP contribution in [0, 0.1) is 17.6 Å². The zero-order chi connectivity index (χ0) is 18.5. The topological polar surface area (TPSA) is 62.3 Å². The molecule has 136 valence electrons. The van der Waals surface area contributed by atoms with Gasteiger partial charge < -0.3 is 10.2 Å². The fourth-order valence-electron chi connectivity index (χ4n) is 3.06. The number of halogens is 2. The van der Waals surface area contributed by atoms with E-state index in [1.54, 1.807) is 29.4 Å². The average Bonchev–Trinajstić information content (AvgIpc) is 2.67. The summed E-state index contributed by atoms with van der Waals surface area (Å²) in [6.45, 7) is 1.48. The van der Waals surface area contributed by atoms with E-state index in [4.69, 9.17) is 0 Å². The van der Waals surface area contributed by atoms with Gasteiger partial charge in [0, 0.05) is 37.6 Å². The fourth-order valence-corrected chi connectivity index (χ4v) is 3.06. The maximum absolute atomic E-state index is 13.6. The smallest absolute Gasteiger partial charge is 0.257 e. The lowest BCUT2D eigenvalue weighted by Gasteiger charge is -2.32. The van der Waals surface area contributed by atoms with E-state index in [-0.39, 0.29) is 11.8 Å². The molecule has 0 bridgehead atoms. The molecule has 2 aromatic rings. The SMILES string of the molecule is O=C(NCC1CCN(C(=O)c2ccncc2)CC1)c1c(F)cccc1F. The van der Waals surface area contributed by atoms with Crippen molar-refractivity contribution < 1.29 is 18.4 Å². The number of piperidine rings is 1. The summed E-state index contributed by atoms with van der Waals surface area (Å²) in [7, 11) is 0.